The fourth-order valence-corrected chi connectivity index (χ4v) is 1.65. The quantitative estimate of drug-likeness (QED) is 0.660. The van der Waals surface area contributed by atoms with E-state index in [1.165, 1.54) is 0 Å². The minimum Gasteiger partial charge on any atom is -0.493 e. The van der Waals surface area contributed by atoms with Crippen LogP contribution >= 0.6 is 0 Å². The Kier molecular flexibility index (Phi) is 5.91. The maximum Gasteiger partial charge on any atom is 0.161 e. The number of methoxy groups -OCH3 is 2. The van der Waals surface area contributed by atoms with E-state index in [4.69, 9.17) is 19.7 Å². The van der Waals surface area contributed by atoms with Gasteiger partial charge in [-0.1, -0.05) is 0 Å². The average molecular weight is 255 g/mol. The molecule has 0 saturated heterocycles. The Balaban J connectivity index is 2.82. The average Bonchev–Trinajstić information content (AvgIpc) is 2.40. The summed E-state index contributed by atoms with van der Waals surface area (Å²) in [6, 6.07) is 3.49. The highest BCUT2D eigenvalue weighted by atomic mass is 16.5. The Bertz CT molecular complexity index is 377. The van der Waals surface area contributed by atoms with Gasteiger partial charge in [0.25, 0.3) is 0 Å². The van der Waals surface area contributed by atoms with Gasteiger partial charge in [-0.15, -0.1) is 0 Å². The number of nitrogens with one attached hydrogen (secondary N) is 1. The molecule has 0 aliphatic carbocycles. The van der Waals surface area contributed by atoms with Crippen LogP contribution in [-0.4, -0.2) is 43.7 Å². The van der Waals surface area contributed by atoms with E-state index in [2.05, 4.69) is 5.32 Å². The Labute approximate surface area is 107 Å². The summed E-state index contributed by atoms with van der Waals surface area (Å²) in [6.07, 6.45) is 0. The Morgan fingerprint density at radius 2 is 1.67 bits per heavy atom. The van der Waals surface area contributed by atoms with Crippen molar-refractivity contribution in [2.24, 2.45) is 0 Å². The number of rotatable bonds is 7. The molecule has 0 bridgehead atoms. The Hall–Kier alpha value is -1.30. The Morgan fingerprint density at radius 1 is 1.11 bits per heavy atom. The summed E-state index contributed by atoms with van der Waals surface area (Å²) >= 11 is 0. The van der Waals surface area contributed by atoms with Gasteiger partial charge in [0.2, 0.25) is 0 Å². The lowest BCUT2D eigenvalue weighted by molar-refractivity contribution is 0.170. The molecule has 18 heavy (non-hydrogen) atoms. The van der Waals surface area contributed by atoms with Gasteiger partial charge in [-0.2, -0.15) is 0 Å². The number of ether oxygens (including phenoxy) is 2. The number of hydrogen-bond acceptors (Lipinski definition) is 5. The van der Waals surface area contributed by atoms with Gasteiger partial charge in [0.15, 0.2) is 11.5 Å². The topological polar surface area (TPSA) is 71.0 Å². The molecule has 0 fully saturated rings. The van der Waals surface area contributed by atoms with Crippen LogP contribution in [0.4, 0.5) is 0 Å². The molecule has 0 spiro atoms. The van der Waals surface area contributed by atoms with Gasteiger partial charge in [0.1, 0.15) is 0 Å². The number of aryl methyl sites for hydroxylation is 1. The molecule has 3 N–H and O–H groups in total. The van der Waals surface area contributed by atoms with Gasteiger partial charge in [0.05, 0.1) is 33.5 Å². The molecule has 0 heterocycles. The van der Waals surface area contributed by atoms with E-state index in [1.807, 2.05) is 19.1 Å². The zero-order chi connectivity index (χ0) is 13.5. The first-order valence-corrected chi connectivity index (χ1v) is 5.82. The zero-order valence-electron chi connectivity index (χ0n) is 11.1. The molecule has 0 amide bonds. The predicted octanol–water partition coefficient (Wildman–Crippen LogP) is 0.455. The van der Waals surface area contributed by atoms with Crippen molar-refractivity contribution in [1.82, 2.24) is 5.32 Å². The van der Waals surface area contributed by atoms with E-state index in [1.54, 1.807) is 14.2 Å². The second-order valence-corrected chi connectivity index (χ2v) is 4.08. The molecule has 1 aromatic carbocycles. The molecule has 0 unspecified atom stereocenters. The van der Waals surface area contributed by atoms with Crippen molar-refractivity contribution in [2.75, 3.05) is 27.4 Å². The van der Waals surface area contributed by atoms with Gasteiger partial charge in [-0.05, 0) is 30.2 Å². The van der Waals surface area contributed by atoms with E-state index in [9.17, 15) is 0 Å². The van der Waals surface area contributed by atoms with Crippen molar-refractivity contribution < 1.29 is 19.7 Å². The molecule has 5 nitrogen and oxygen atoms in total. The third-order valence-electron chi connectivity index (χ3n) is 2.86. The monoisotopic (exact) mass is 255 g/mol. The molecule has 0 atom stereocenters. The molecule has 0 aliphatic rings. The number of benzene rings is 1. The van der Waals surface area contributed by atoms with Crippen LogP contribution in [0.3, 0.4) is 0 Å². The van der Waals surface area contributed by atoms with E-state index >= 15 is 0 Å². The first kappa shape index (κ1) is 14.8. The fraction of sp³-hybridized carbons (Fsp3) is 0.538. The van der Waals surface area contributed by atoms with Crippen molar-refractivity contribution in [2.45, 2.75) is 19.5 Å². The molecule has 0 radical (unpaired) electrons. The molecule has 102 valence electrons. The van der Waals surface area contributed by atoms with Crippen molar-refractivity contribution in [1.29, 1.82) is 0 Å². The summed E-state index contributed by atoms with van der Waals surface area (Å²) in [5, 5.41) is 21.0. The number of aliphatic hydroxyl groups is 2. The van der Waals surface area contributed by atoms with Crippen LogP contribution in [0, 0.1) is 6.92 Å². The van der Waals surface area contributed by atoms with E-state index in [0.29, 0.717) is 18.0 Å². The number of hydrogen-bond donors (Lipinski definition) is 3. The molecule has 5 heteroatoms. The normalized spacial score (nSPS) is 10.8. The maximum absolute atomic E-state index is 8.99. The molecular weight excluding hydrogens is 234 g/mol. The lowest BCUT2D eigenvalue weighted by atomic mass is 10.1. The van der Waals surface area contributed by atoms with Crippen LogP contribution < -0.4 is 14.8 Å². The molecule has 1 rings (SSSR count). The summed E-state index contributed by atoms with van der Waals surface area (Å²) in [5.74, 6) is 1.36. The predicted molar refractivity (Wildman–Crippen MR) is 69.1 cm³/mol. The summed E-state index contributed by atoms with van der Waals surface area (Å²) in [7, 11) is 3.19. The first-order chi connectivity index (χ1) is 8.65. The highest BCUT2D eigenvalue weighted by Crippen LogP contribution is 2.30. The molecule has 0 saturated carbocycles. The molecule has 1 aromatic rings. The minimum absolute atomic E-state index is 0.0944. The second kappa shape index (κ2) is 7.20. The van der Waals surface area contributed by atoms with E-state index in [0.717, 1.165) is 11.1 Å². The SMILES string of the molecule is COc1cc(C)c(CNC(CO)CO)cc1OC. The van der Waals surface area contributed by atoms with Gasteiger partial charge in [-0.3, -0.25) is 0 Å². The van der Waals surface area contributed by atoms with Gasteiger partial charge in [0, 0.05) is 6.54 Å². The van der Waals surface area contributed by atoms with E-state index < -0.39 is 0 Å². The van der Waals surface area contributed by atoms with Crippen LogP contribution in [0.25, 0.3) is 0 Å². The molecule has 0 aliphatic heterocycles. The minimum atomic E-state index is -0.308. The number of aliphatic hydroxyl groups excluding tert-OH is 2. The summed E-state index contributed by atoms with van der Waals surface area (Å²) in [4.78, 5) is 0. The van der Waals surface area contributed by atoms with Crippen molar-refractivity contribution in [3.8, 4) is 11.5 Å². The van der Waals surface area contributed by atoms with Crippen LogP contribution in [-0.2, 0) is 6.54 Å². The summed E-state index contributed by atoms with van der Waals surface area (Å²) in [5.41, 5.74) is 2.11. The van der Waals surface area contributed by atoms with Crippen molar-refractivity contribution in [3.63, 3.8) is 0 Å². The summed E-state index contributed by atoms with van der Waals surface area (Å²) in [6.45, 7) is 2.34. The first-order valence-electron chi connectivity index (χ1n) is 5.82. The maximum atomic E-state index is 8.99. The van der Waals surface area contributed by atoms with Crippen LogP contribution in [0.5, 0.6) is 11.5 Å². The fourth-order valence-electron chi connectivity index (χ4n) is 1.65. The van der Waals surface area contributed by atoms with Gasteiger partial charge < -0.3 is 25.0 Å². The lowest BCUT2D eigenvalue weighted by Crippen LogP contribution is -2.35. The smallest absolute Gasteiger partial charge is 0.161 e. The van der Waals surface area contributed by atoms with Gasteiger partial charge in [-0.25, -0.2) is 0 Å². The highest BCUT2D eigenvalue weighted by Gasteiger charge is 2.10. The zero-order valence-corrected chi connectivity index (χ0v) is 11.1. The molecule has 0 aromatic heterocycles. The largest absolute Gasteiger partial charge is 0.493 e. The third-order valence-corrected chi connectivity index (χ3v) is 2.86. The van der Waals surface area contributed by atoms with Crippen molar-refractivity contribution >= 4 is 0 Å². The van der Waals surface area contributed by atoms with Crippen LogP contribution in [0.2, 0.25) is 0 Å². The van der Waals surface area contributed by atoms with E-state index in [-0.39, 0.29) is 19.3 Å². The van der Waals surface area contributed by atoms with Gasteiger partial charge >= 0.3 is 0 Å². The standard InChI is InChI=1S/C13H21NO4/c1-9-4-12(17-2)13(18-3)5-10(9)6-14-11(7-15)8-16/h4-5,11,14-16H,6-8H2,1-3H3. The third kappa shape index (κ3) is 3.60. The summed E-state index contributed by atoms with van der Waals surface area (Å²) < 4.78 is 10.5. The molecular formula is C13H21NO4. The lowest BCUT2D eigenvalue weighted by Gasteiger charge is -2.16. The van der Waals surface area contributed by atoms with Crippen LogP contribution in [0.1, 0.15) is 11.1 Å². The Morgan fingerprint density at radius 3 is 2.17 bits per heavy atom. The highest BCUT2D eigenvalue weighted by molar-refractivity contribution is 5.47. The second-order valence-electron chi connectivity index (χ2n) is 4.08. The van der Waals surface area contributed by atoms with Crippen molar-refractivity contribution in [3.05, 3.63) is 23.3 Å². The van der Waals surface area contributed by atoms with Crippen LogP contribution in [0.15, 0.2) is 12.1 Å².